The van der Waals surface area contributed by atoms with Crippen molar-refractivity contribution in [3.8, 4) is 11.4 Å². The molecule has 3 aromatic rings. The van der Waals surface area contributed by atoms with Crippen LogP contribution in [-0.4, -0.2) is 34.0 Å². The summed E-state index contributed by atoms with van der Waals surface area (Å²) in [6.45, 7) is 4.81. The lowest BCUT2D eigenvalue weighted by Crippen LogP contribution is -2.48. The van der Waals surface area contributed by atoms with Crippen LogP contribution < -0.4 is 0 Å². The van der Waals surface area contributed by atoms with Crippen molar-refractivity contribution in [2.75, 3.05) is 13.1 Å². The predicted octanol–water partition coefficient (Wildman–Crippen LogP) is 3.19. The van der Waals surface area contributed by atoms with Crippen molar-refractivity contribution in [2.45, 2.75) is 19.8 Å². The second-order valence-corrected chi connectivity index (χ2v) is 6.06. The van der Waals surface area contributed by atoms with Crippen LogP contribution in [0.3, 0.4) is 0 Å². The molecule has 1 amide bonds. The second-order valence-electron chi connectivity index (χ2n) is 6.06. The summed E-state index contributed by atoms with van der Waals surface area (Å²) < 4.78 is 10.8. The molecule has 1 saturated heterocycles. The fourth-order valence-electron chi connectivity index (χ4n) is 2.92. The van der Waals surface area contributed by atoms with E-state index < -0.39 is 0 Å². The van der Waals surface area contributed by atoms with Crippen LogP contribution in [0.4, 0.5) is 0 Å². The summed E-state index contributed by atoms with van der Waals surface area (Å²) in [5, 5.41) is 4.03. The molecule has 0 aliphatic carbocycles. The summed E-state index contributed by atoms with van der Waals surface area (Å²) in [6, 6.07) is 11.5. The number of amides is 1. The Morgan fingerprint density at radius 1 is 1.21 bits per heavy atom. The number of hydrogen-bond donors (Lipinski definition) is 0. The Morgan fingerprint density at radius 3 is 2.62 bits per heavy atom. The van der Waals surface area contributed by atoms with Crippen LogP contribution in [0.1, 0.15) is 33.7 Å². The van der Waals surface area contributed by atoms with Crippen molar-refractivity contribution >= 4 is 5.91 Å². The quantitative estimate of drug-likeness (QED) is 0.740. The van der Waals surface area contributed by atoms with Crippen molar-refractivity contribution in [1.29, 1.82) is 0 Å². The van der Waals surface area contributed by atoms with Crippen molar-refractivity contribution in [1.82, 2.24) is 15.0 Å². The molecule has 6 nitrogen and oxygen atoms in total. The smallest absolute Gasteiger partial charge is 0.257 e. The zero-order valence-corrected chi connectivity index (χ0v) is 13.5. The van der Waals surface area contributed by atoms with E-state index in [0.717, 1.165) is 11.3 Å². The molecule has 0 radical (unpaired) electrons. The molecule has 122 valence electrons. The molecule has 0 bridgehead atoms. The molecule has 4 rings (SSSR count). The molecule has 0 saturated carbocycles. The highest BCUT2D eigenvalue weighted by Gasteiger charge is 2.37. The van der Waals surface area contributed by atoms with Crippen LogP contribution in [-0.2, 0) is 0 Å². The first-order valence-electron chi connectivity index (χ1n) is 7.87. The standard InChI is InChI=1S/C18H17N3O3/c1-11-8-15(12(2)23-11)18(22)21-9-14(10-21)17-19-16(20-24-17)13-6-4-3-5-7-13/h3-8,14H,9-10H2,1-2H3. The van der Waals surface area contributed by atoms with E-state index in [-0.39, 0.29) is 11.8 Å². The third-order valence-corrected chi connectivity index (χ3v) is 4.26. The first-order valence-corrected chi connectivity index (χ1v) is 7.87. The first-order chi connectivity index (χ1) is 11.6. The summed E-state index contributed by atoms with van der Waals surface area (Å²) in [4.78, 5) is 18.7. The minimum Gasteiger partial charge on any atom is -0.466 e. The van der Waals surface area contributed by atoms with Crippen molar-refractivity contribution in [3.63, 3.8) is 0 Å². The van der Waals surface area contributed by atoms with Gasteiger partial charge in [0, 0.05) is 18.7 Å². The van der Waals surface area contributed by atoms with E-state index in [9.17, 15) is 4.79 Å². The van der Waals surface area contributed by atoms with E-state index in [0.29, 0.717) is 36.1 Å². The average molecular weight is 323 g/mol. The van der Waals surface area contributed by atoms with Crippen LogP contribution in [0.25, 0.3) is 11.4 Å². The van der Waals surface area contributed by atoms with Gasteiger partial charge in [0.25, 0.3) is 5.91 Å². The van der Waals surface area contributed by atoms with E-state index in [1.165, 1.54) is 0 Å². The summed E-state index contributed by atoms with van der Waals surface area (Å²) in [5.74, 6) is 2.65. The van der Waals surface area contributed by atoms with E-state index >= 15 is 0 Å². The fraction of sp³-hybridized carbons (Fsp3) is 0.278. The maximum atomic E-state index is 12.5. The molecule has 3 heterocycles. The van der Waals surface area contributed by atoms with Gasteiger partial charge < -0.3 is 13.8 Å². The lowest BCUT2D eigenvalue weighted by atomic mass is 9.99. The number of benzene rings is 1. The highest BCUT2D eigenvalue weighted by atomic mass is 16.5. The van der Waals surface area contributed by atoms with Gasteiger partial charge >= 0.3 is 0 Å². The molecular formula is C18H17N3O3. The van der Waals surface area contributed by atoms with E-state index in [4.69, 9.17) is 8.94 Å². The zero-order chi connectivity index (χ0) is 16.7. The Hall–Kier alpha value is -2.89. The minimum absolute atomic E-state index is 0.0107. The number of hydrogen-bond acceptors (Lipinski definition) is 5. The highest BCUT2D eigenvalue weighted by Crippen LogP contribution is 2.29. The van der Waals surface area contributed by atoms with Crippen LogP contribution in [0.5, 0.6) is 0 Å². The maximum absolute atomic E-state index is 12.5. The van der Waals surface area contributed by atoms with Crippen LogP contribution in [0, 0.1) is 13.8 Å². The van der Waals surface area contributed by atoms with Gasteiger partial charge in [-0.25, -0.2) is 0 Å². The number of nitrogens with zero attached hydrogens (tertiary/aromatic N) is 3. The number of likely N-dealkylation sites (tertiary alicyclic amines) is 1. The molecule has 0 atom stereocenters. The monoisotopic (exact) mass is 323 g/mol. The van der Waals surface area contributed by atoms with Gasteiger partial charge in [-0.15, -0.1) is 0 Å². The minimum atomic E-state index is -0.0107. The fourth-order valence-corrected chi connectivity index (χ4v) is 2.92. The van der Waals surface area contributed by atoms with Gasteiger partial charge in [0.2, 0.25) is 11.7 Å². The zero-order valence-electron chi connectivity index (χ0n) is 13.5. The number of carbonyl (C=O) groups is 1. The summed E-state index contributed by atoms with van der Waals surface area (Å²) >= 11 is 0. The average Bonchev–Trinajstić information content (AvgIpc) is 3.13. The molecule has 0 spiro atoms. The second kappa shape index (κ2) is 5.63. The SMILES string of the molecule is Cc1cc(C(=O)N2CC(c3nc(-c4ccccc4)no3)C2)c(C)o1. The number of furan rings is 1. The predicted molar refractivity (Wildman–Crippen MR) is 86.6 cm³/mol. The van der Waals surface area contributed by atoms with Crippen LogP contribution >= 0.6 is 0 Å². The van der Waals surface area contributed by atoms with Gasteiger partial charge in [0.05, 0.1) is 11.5 Å². The van der Waals surface area contributed by atoms with Crippen LogP contribution in [0.2, 0.25) is 0 Å². The Bertz CT molecular complexity index is 876. The lowest BCUT2D eigenvalue weighted by molar-refractivity contribution is 0.0567. The molecule has 6 heteroatoms. The van der Waals surface area contributed by atoms with Gasteiger partial charge in [-0.3, -0.25) is 4.79 Å². The molecule has 1 aliphatic heterocycles. The van der Waals surface area contributed by atoms with Gasteiger partial charge in [-0.2, -0.15) is 4.98 Å². The van der Waals surface area contributed by atoms with Crippen LogP contribution in [0.15, 0.2) is 45.3 Å². The van der Waals surface area contributed by atoms with Crippen molar-refractivity contribution < 1.29 is 13.7 Å². The Morgan fingerprint density at radius 2 is 1.96 bits per heavy atom. The van der Waals surface area contributed by atoms with E-state index in [2.05, 4.69) is 10.1 Å². The number of aromatic nitrogens is 2. The Balaban J connectivity index is 1.44. The molecule has 1 aromatic carbocycles. The molecule has 1 aliphatic rings. The molecule has 24 heavy (non-hydrogen) atoms. The van der Waals surface area contributed by atoms with E-state index in [1.54, 1.807) is 11.0 Å². The summed E-state index contributed by atoms with van der Waals surface area (Å²) in [5.41, 5.74) is 1.55. The van der Waals surface area contributed by atoms with Gasteiger partial charge in [0.1, 0.15) is 11.5 Å². The largest absolute Gasteiger partial charge is 0.466 e. The van der Waals surface area contributed by atoms with Gasteiger partial charge in [0.15, 0.2) is 0 Å². The normalized spacial score (nSPS) is 14.7. The Kier molecular flexibility index (Phi) is 3.45. The Labute approximate surface area is 139 Å². The number of rotatable bonds is 3. The van der Waals surface area contributed by atoms with E-state index in [1.807, 2.05) is 44.2 Å². The van der Waals surface area contributed by atoms with Gasteiger partial charge in [-0.1, -0.05) is 35.5 Å². The van der Waals surface area contributed by atoms with Crippen molar-refractivity contribution in [2.24, 2.45) is 0 Å². The third kappa shape index (κ3) is 2.50. The number of aryl methyl sites for hydroxylation is 2. The molecule has 0 unspecified atom stereocenters. The molecule has 0 N–H and O–H groups in total. The lowest BCUT2D eigenvalue weighted by Gasteiger charge is -2.36. The maximum Gasteiger partial charge on any atom is 0.257 e. The number of carbonyl (C=O) groups excluding carboxylic acids is 1. The first kappa shape index (κ1) is 14.7. The summed E-state index contributed by atoms with van der Waals surface area (Å²) in [6.07, 6.45) is 0. The topological polar surface area (TPSA) is 72.4 Å². The summed E-state index contributed by atoms with van der Waals surface area (Å²) in [7, 11) is 0. The van der Waals surface area contributed by atoms with Crippen molar-refractivity contribution in [3.05, 3.63) is 59.4 Å². The third-order valence-electron chi connectivity index (χ3n) is 4.26. The molecule has 2 aromatic heterocycles. The molecule has 1 fully saturated rings. The molecular weight excluding hydrogens is 306 g/mol. The highest BCUT2D eigenvalue weighted by molar-refractivity contribution is 5.95. The van der Waals surface area contributed by atoms with Gasteiger partial charge in [-0.05, 0) is 19.9 Å².